The highest BCUT2D eigenvalue weighted by molar-refractivity contribution is 5.85. The van der Waals surface area contributed by atoms with Crippen LogP contribution in [-0.2, 0) is 9.53 Å². The fourth-order valence-corrected chi connectivity index (χ4v) is 2.38. The average Bonchev–Trinajstić information content (AvgIpc) is 2.41. The van der Waals surface area contributed by atoms with E-state index < -0.39 is 0 Å². The third-order valence-electron chi connectivity index (χ3n) is 3.50. The monoisotopic (exact) mass is 313 g/mol. The lowest BCUT2D eigenvalue weighted by Crippen LogP contribution is -2.44. The molecule has 19 heavy (non-hydrogen) atoms. The van der Waals surface area contributed by atoms with E-state index in [1.807, 2.05) is 0 Å². The highest BCUT2D eigenvalue weighted by Gasteiger charge is 2.20. The lowest BCUT2D eigenvalue weighted by molar-refractivity contribution is -0.125. The number of halogens is 2. The zero-order chi connectivity index (χ0) is 11.9. The number of nitrogens with one attached hydrogen (secondary N) is 2. The maximum atomic E-state index is 11.8. The van der Waals surface area contributed by atoms with Gasteiger partial charge in [-0.2, -0.15) is 0 Å². The molecular weight excluding hydrogens is 289 g/mol. The molecule has 0 spiro atoms. The summed E-state index contributed by atoms with van der Waals surface area (Å²) >= 11 is 0. The van der Waals surface area contributed by atoms with Crippen molar-refractivity contribution in [1.29, 1.82) is 0 Å². The minimum absolute atomic E-state index is 0. The van der Waals surface area contributed by atoms with Crippen LogP contribution in [0.15, 0.2) is 0 Å². The molecule has 0 aliphatic carbocycles. The second-order valence-corrected chi connectivity index (χ2v) is 4.79. The Morgan fingerprint density at radius 1 is 1.32 bits per heavy atom. The quantitative estimate of drug-likeness (QED) is 0.783. The molecule has 0 radical (unpaired) electrons. The molecule has 0 aromatic carbocycles. The number of hydrogen-bond acceptors (Lipinski definition) is 4. The van der Waals surface area contributed by atoms with E-state index in [0.29, 0.717) is 0 Å². The summed E-state index contributed by atoms with van der Waals surface area (Å²) in [4.78, 5) is 14.2. The van der Waals surface area contributed by atoms with E-state index in [1.54, 1.807) is 0 Å². The number of morpholine rings is 1. The van der Waals surface area contributed by atoms with Crippen LogP contribution in [0.5, 0.6) is 0 Å². The van der Waals surface area contributed by atoms with Gasteiger partial charge in [-0.25, -0.2) is 0 Å². The summed E-state index contributed by atoms with van der Waals surface area (Å²) < 4.78 is 5.29. The van der Waals surface area contributed by atoms with Crippen LogP contribution in [0.2, 0.25) is 0 Å². The summed E-state index contributed by atoms with van der Waals surface area (Å²) in [5.74, 6) is 0.388. The summed E-state index contributed by atoms with van der Waals surface area (Å²) in [7, 11) is 0. The van der Waals surface area contributed by atoms with Crippen LogP contribution in [-0.4, -0.2) is 63.3 Å². The molecule has 5 nitrogen and oxygen atoms in total. The maximum absolute atomic E-state index is 11.8. The fraction of sp³-hybridized carbons (Fsp3) is 0.917. The first-order valence-corrected chi connectivity index (χ1v) is 6.65. The fourth-order valence-electron chi connectivity index (χ4n) is 2.38. The van der Waals surface area contributed by atoms with Crippen molar-refractivity contribution < 1.29 is 9.53 Å². The molecule has 7 heteroatoms. The minimum atomic E-state index is 0. The van der Waals surface area contributed by atoms with Crippen molar-refractivity contribution in [2.24, 2.45) is 5.92 Å². The molecule has 0 bridgehead atoms. The molecule has 2 heterocycles. The highest BCUT2D eigenvalue weighted by atomic mass is 35.5. The number of amides is 1. The topological polar surface area (TPSA) is 53.6 Å². The van der Waals surface area contributed by atoms with Crippen LogP contribution >= 0.6 is 24.8 Å². The van der Waals surface area contributed by atoms with Gasteiger partial charge in [-0.1, -0.05) is 0 Å². The first-order chi connectivity index (χ1) is 8.36. The molecule has 2 aliphatic heterocycles. The van der Waals surface area contributed by atoms with E-state index in [0.717, 1.165) is 65.3 Å². The third-order valence-corrected chi connectivity index (χ3v) is 3.50. The molecule has 0 aromatic heterocycles. The second kappa shape index (κ2) is 10.7. The lowest BCUT2D eigenvalue weighted by Gasteiger charge is -2.27. The van der Waals surface area contributed by atoms with Crippen LogP contribution in [0.3, 0.4) is 0 Å². The molecule has 0 aromatic rings. The standard InChI is InChI=1S/C12H23N3O2.2ClH/c16-12(11-2-1-3-13-10-11)14-4-5-15-6-8-17-9-7-15;;/h11,13H,1-10H2,(H,14,16);2*1H/t11-;;/m1../s1. The zero-order valence-electron chi connectivity index (χ0n) is 11.2. The SMILES string of the molecule is Cl.Cl.O=C(NCCN1CCOCC1)[C@@H]1CCCNC1. The summed E-state index contributed by atoms with van der Waals surface area (Å²) in [6.45, 7) is 7.20. The molecule has 114 valence electrons. The van der Waals surface area contributed by atoms with Gasteiger partial charge in [0.05, 0.1) is 19.1 Å². The highest BCUT2D eigenvalue weighted by Crippen LogP contribution is 2.09. The molecule has 2 fully saturated rings. The Balaban J connectivity index is 0.00000162. The van der Waals surface area contributed by atoms with Gasteiger partial charge in [0.2, 0.25) is 5.91 Å². The van der Waals surface area contributed by atoms with E-state index in [1.165, 1.54) is 0 Å². The van der Waals surface area contributed by atoms with Gasteiger partial charge in [0.1, 0.15) is 0 Å². The summed E-state index contributed by atoms with van der Waals surface area (Å²) in [6, 6.07) is 0. The van der Waals surface area contributed by atoms with Crippen molar-refractivity contribution in [1.82, 2.24) is 15.5 Å². The van der Waals surface area contributed by atoms with Gasteiger partial charge in [-0.15, -0.1) is 24.8 Å². The van der Waals surface area contributed by atoms with Crippen molar-refractivity contribution >= 4 is 30.7 Å². The van der Waals surface area contributed by atoms with E-state index in [-0.39, 0.29) is 36.6 Å². The predicted octanol–water partition coefficient (Wildman–Crippen LogP) is 0.278. The van der Waals surface area contributed by atoms with Crippen molar-refractivity contribution in [3.63, 3.8) is 0 Å². The van der Waals surface area contributed by atoms with Crippen molar-refractivity contribution in [3.8, 4) is 0 Å². The van der Waals surface area contributed by atoms with Gasteiger partial charge >= 0.3 is 0 Å². The Bertz CT molecular complexity index is 245. The van der Waals surface area contributed by atoms with Crippen LogP contribution in [0.4, 0.5) is 0 Å². The smallest absolute Gasteiger partial charge is 0.224 e. The summed E-state index contributed by atoms with van der Waals surface area (Å²) in [5.41, 5.74) is 0. The zero-order valence-corrected chi connectivity index (χ0v) is 12.9. The molecular formula is C12H25Cl2N3O2. The molecule has 2 N–H and O–H groups in total. The first kappa shape index (κ1) is 18.9. The van der Waals surface area contributed by atoms with Crippen molar-refractivity contribution in [2.45, 2.75) is 12.8 Å². The Labute approximate surface area is 127 Å². The molecule has 1 atom stereocenters. The molecule has 0 saturated carbocycles. The van der Waals surface area contributed by atoms with E-state index in [4.69, 9.17) is 4.74 Å². The third kappa shape index (κ3) is 6.77. The molecule has 0 unspecified atom stereocenters. The van der Waals surface area contributed by atoms with Gasteiger partial charge in [0.25, 0.3) is 0 Å². The van der Waals surface area contributed by atoms with E-state index >= 15 is 0 Å². The number of rotatable bonds is 4. The predicted molar refractivity (Wildman–Crippen MR) is 80.4 cm³/mol. The normalized spacial score (nSPS) is 23.9. The lowest BCUT2D eigenvalue weighted by atomic mass is 9.99. The number of ether oxygens (including phenoxy) is 1. The molecule has 2 saturated heterocycles. The van der Waals surface area contributed by atoms with E-state index in [2.05, 4.69) is 15.5 Å². The Kier molecular flexibility index (Phi) is 10.6. The molecule has 2 rings (SSSR count). The van der Waals surface area contributed by atoms with Gasteiger partial charge in [0.15, 0.2) is 0 Å². The second-order valence-electron chi connectivity index (χ2n) is 4.79. The largest absolute Gasteiger partial charge is 0.379 e. The number of nitrogens with zero attached hydrogens (tertiary/aromatic N) is 1. The Morgan fingerprint density at radius 3 is 2.68 bits per heavy atom. The molecule has 1 amide bonds. The first-order valence-electron chi connectivity index (χ1n) is 6.65. The van der Waals surface area contributed by atoms with Crippen LogP contribution in [0.25, 0.3) is 0 Å². The molecule has 2 aliphatic rings. The van der Waals surface area contributed by atoms with Crippen molar-refractivity contribution in [3.05, 3.63) is 0 Å². The average molecular weight is 314 g/mol. The maximum Gasteiger partial charge on any atom is 0.224 e. The summed E-state index contributed by atoms with van der Waals surface area (Å²) in [6.07, 6.45) is 2.14. The number of piperidine rings is 1. The van der Waals surface area contributed by atoms with Gasteiger partial charge < -0.3 is 15.4 Å². The van der Waals surface area contributed by atoms with Crippen molar-refractivity contribution in [2.75, 3.05) is 52.5 Å². The Hall–Kier alpha value is -0.0700. The van der Waals surface area contributed by atoms with E-state index in [9.17, 15) is 4.79 Å². The van der Waals surface area contributed by atoms with Crippen LogP contribution in [0.1, 0.15) is 12.8 Å². The Morgan fingerprint density at radius 2 is 2.05 bits per heavy atom. The van der Waals surface area contributed by atoms with Crippen LogP contribution < -0.4 is 10.6 Å². The number of carbonyl (C=O) groups excluding carboxylic acids is 1. The van der Waals surface area contributed by atoms with Gasteiger partial charge in [-0.3, -0.25) is 9.69 Å². The van der Waals surface area contributed by atoms with Gasteiger partial charge in [-0.05, 0) is 19.4 Å². The van der Waals surface area contributed by atoms with Gasteiger partial charge in [0, 0.05) is 32.7 Å². The minimum Gasteiger partial charge on any atom is -0.379 e. The number of carbonyl (C=O) groups is 1. The number of hydrogen-bond donors (Lipinski definition) is 2. The van der Waals surface area contributed by atoms with Crippen LogP contribution in [0, 0.1) is 5.92 Å². The summed E-state index contributed by atoms with van der Waals surface area (Å²) in [5, 5.41) is 6.31.